The van der Waals surface area contributed by atoms with Gasteiger partial charge in [-0.3, -0.25) is 4.79 Å². The van der Waals surface area contributed by atoms with E-state index < -0.39 is 5.54 Å². The highest BCUT2D eigenvalue weighted by Crippen LogP contribution is 2.33. The summed E-state index contributed by atoms with van der Waals surface area (Å²) in [6.45, 7) is 10.7. The predicted molar refractivity (Wildman–Crippen MR) is 75.4 cm³/mol. The van der Waals surface area contributed by atoms with E-state index in [-0.39, 0.29) is 11.9 Å². The van der Waals surface area contributed by atoms with Gasteiger partial charge in [0.25, 0.3) is 0 Å². The van der Waals surface area contributed by atoms with Gasteiger partial charge in [0.1, 0.15) is 0 Å². The molecule has 0 bridgehead atoms. The molecule has 0 radical (unpaired) electrons. The van der Waals surface area contributed by atoms with Crippen LogP contribution in [0.15, 0.2) is 0 Å². The van der Waals surface area contributed by atoms with Crippen LogP contribution in [0.25, 0.3) is 0 Å². The molecule has 1 aliphatic carbocycles. The molecule has 106 valence electrons. The van der Waals surface area contributed by atoms with E-state index in [1.54, 1.807) is 0 Å². The van der Waals surface area contributed by atoms with Crippen molar-refractivity contribution in [2.75, 3.05) is 13.1 Å². The van der Waals surface area contributed by atoms with Gasteiger partial charge >= 0.3 is 0 Å². The molecule has 4 nitrogen and oxygen atoms in total. The molecule has 0 aromatic heterocycles. The van der Waals surface area contributed by atoms with Crippen LogP contribution in [0.3, 0.4) is 0 Å². The van der Waals surface area contributed by atoms with E-state index >= 15 is 0 Å². The summed E-state index contributed by atoms with van der Waals surface area (Å²) in [6.07, 6.45) is 3.95. The summed E-state index contributed by atoms with van der Waals surface area (Å²) in [5.41, 5.74) is 5.15. The van der Waals surface area contributed by atoms with Gasteiger partial charge in [-0.15, -0.1) is 0 Å². The minimum Gasteiger partial charge on any atom is -0.368 e. The second-order valence-corrected chi connectivity index (χ2v) is 5.77. The molecule has 1 fully saturated rings. The number of carbonyl (C=O) groups is 1. The Hall–Kier alpha value is -0.610. The van der Waals surface area contributed by atoms with Crippen LogP contribution in [0.1, 0.15) is 53.4 Å². The van der Waals surface area contributed by atoms with Gasteiger partial charge in [0.2, 0.25) is 5.91 Å². The quantitative estimate of drug-likeness (QED) is 0.724. The molecule has 0 aliphatic heterocycles. The Morgan fingerprint density at radius 1 is 1.50 bits per heavy atom. The molecule has 1 saturated carbocycles. The van der Waals surface area contributed by atoms with Gasteiger partial charge in [0.05, 0.1) is 5.54 Å². The maximum absolute atomic E-state index is 11.8. The highest BCUT2D eigenvalue weighted by atomic mass is 16.1. The minimum absolute atomic E-state index is 0.189. The van der Waals surface area contributed by atoms with Gasteiger partial charge in [-0.25, -0.2) is 0 Å². The van der Waals surface area contributed by atoms with E-state index in [4.69, 9.17) is 5.73 Å². The van der Waals surface area contributed by atoms with E-state index in [0.717, 1.165) is 38.8 Å². The molecule has 2 atom stereocenters. The van der Waals surface area contributed by atoms with E-state index in [9.17, 15) is 4.79 Å². The Labute approximate surface area is 111 Å². The number of primary amides is 1. The number of nitrogens with zero attached hydrogens (tertiary/aromatic N) is 1. The SMILES string of the molecule is CCCN(CC)C1CCC(NC(C)C)(C(N)=O)C1. The van der Waals surface area contributed by atoms with E-state index in [0.29, 0.717) is 6.04 Å². The molecule has 18 heavy (non-hydrogen) atoms. The van der Waals surface area contributed by atoms with Gasteiger partial charge in [0, 0.05) is 12.1 Å². The first-order valence-corrected chi connectivity index (χ1v) is 7.26. The summed E-state index contributed by atoms with van der Waals surface area (Å²) >= 11 is 0. The van der Waals surface area contributed by atoms with Crippen LogP contribution in [0, 0.1) is 0 Å². The molecule has 0 aromatic rings. The fourth-order valence-corrected chi connectivity index (χ4v) is 3.20. The van der Waals surface area contributed by atoms with Gasteiger partial charge in [0.15, 0.2) is 0 Å². The zero-order chi connectivity index (χ0) is 13.8. The third-order valence-corrected chi connectivity index (χ3v) is 3.96. The maximum Gasteiger partial charge on any atom is 0.237 e. The van der Waals surface area contributed by atoms with Crippen LogP contribution < -0.4 is 11.1 Å². The molecule has 1 rings (SSSR count). The van der Waals surface area contributed by atoms with Crippen molar-refractivity contribution in [2.45, 2.75) is 71.0 Å². The average molecular weight is 255 g/mol. The average Bonchev–Trinajstić information content (AvgIpc) is 2.70. The highest BCUT2D eigenvalue weighted by molar-refractivity contribution is 5.85. The summed E-state index contributed by atoms with van der Waals surface area (Å²) in [7, 11) is 0. The van der Waals surface area contributed by atoms with Crippen molar-refractivity contribution in [3.05, 3.63) is 0 Å². The molecule has 1 amide bonds. The van der Waals surface area contributed by atoms with Crippen molar-refractivity contribution in [3.8, 4) is 0 Å². The van der Waals surface area contributed by atoms with Crippen LogP contribution in [0.5, 0.6) is 0 Å². The first-order valence-electron chi connectivity index (χ1n) is 7.26. The lowest BCUT2D eigenvalue weighted by atomic mass is 9.95. The second-order valence-electron chi connectivity index (χ2n) is 5.77. The fraction of sp³-hybridized carbons (Fsp3) is 0.929. The van der Waals surface area contributed by atoms with Gasteiger partial charge < -0.3 is 16.0 Å². The number of nitrogens with two attached hydrogens (primary N) is 1. The maximum atomic E-state index is 11.8. The monoisotopic (exact) mass is 255 g/mol. The summed E-state index contributed by atoms with van der Waals surface area (Å²) in [5.74, 6) is -0.189. The third kappa shape index (κ3) is 3.45. The van der Waals surface area contributed by atoms with Gasteiger partial charge in [-0.2, -0.15) is 0 Å². The number of hydrogen-bond donors (Lipinski definition) is 2. The van der Waals surface area contributed by atoms with Crippen molar-refractivity contribution in [2.24, 2.45) is 5.73 Å². The van der Waals surface area contributed by atoms with Gasteiger partial charge in [-0.05, 0) is 52.6 Å². The standard InChI is InChI=1S/C14H29N3O/c1-5-9-17(6-2)12-7-8-14(10-12,13(15)18)16-11(3)4/h11-12,16H,5-10H2,1-4H3,(H2,15,18). The van der Waals surface area contributed by atoms with Gasteiger partial charge in [-0.1, -0.05) is 13.8 Å². The van der Waals surface area contributed by atoms with Crippen molar-refractivity contribution in [3.63, 3.8) is 0 Å². The molecule has 2 unspecified atom stereocenters. The Balaban J connectivity index is 2.73. The molecule has 0 spiro atoms. The number of rotatable bonds is 7. The number of nitrogens with one attached hydrogen (secondary N) is 1. The summed E-state index contributed by atoms with van der Waals surface area (Å²) < 4.78 is 0. The van der Waals surface area contributed by atoms with Crippen LogP contribution in [-0.4, -0.2) is 41.5 Å². The summed E-state index contributed by atoms with van der Waals surface area (Å²) in [5, 5.41) is 3.40. The molecule has 0 saturated heterocycles. The molecular weight excluding hydrogens is 226 g/mol. The van der Waals surface area contributed by atoms with Crippen molar-refractivity contribution in [1.82, 2.24) is 10.2 Å². The molecular formula is C14H29N3O. The predicted octanol–water partition coefficient (Wildman–Crippen LogP) is 1.49. The Bertz CT molecular complexity index is 280. The van der Waals surface area contributed by atoms with E-state index in [1.165, 1.54) is 0 Å². The molecule has 0 aromatic carbocycles. The summed E-state index contributed by atoms with van der Waals surface area (Å²) in [4.78, 5) is 14.3. The normalized spacial score (nSPS) is 28.2. The minimum atomic E-state index is -0.486. The molecule has 1 aliphatic rings. The number of carbonyl (C=O) groups excluding carboxylic acids is 1. The molecule has 3 N–H and O–H groups in total. The largest absolute Gasteiger partial charge is 0.368 e. The first-order chi connectivity index (χ1) is 8.45. The summed E-state index contributed by atoms with van der Waals surface area (Å²) in [6, 6.07) is 0.784. The second kappa shape index (κ2) is 6.53. The lowest BCUT2D eigenvalue weighted by Crippen LogP contribution is -2.56. The Morgan fingerprint density at radius 3 is 2.61 bits per heavy atom. The lowest BCUT2D eigenvalue weighted by molar-refractivity contribution is -0.124. The number of hydrogen-bond acceptors (Lipinski definition) is 3. The fourth-order valence-electron chi connectivity index (χ4n) is 3.20. The van der Waals surface area contributed by atoms with Crippen LogP contribution >= 0.6 is 0 Å². The van der Waals surface area contributed by atoms with Crippen molar-refractivity contribution >= 4 is 5.91 Å². The topological polar surface area (TPSA) is 58.4 Å². The zero-order valence-electron chi connectivity index (χ0n) is 12.3. The first kappa shape index (κ1) is 15.4. The lowest BCUT2D eigenvalue weighted by Gasteiger charge is -2.32. The van der Waals surface area contributed by atoms with Crippen molar-refractivity contribution in [1.29, 1.82) is 0 Å². The third-order valence-electron chi connectivity index (χ3n) is 3.96. The van der Waals surface area contributed by atoms with Crippen LogP contribution in [-0.2, 0) is 4.79 Å². The van der Waals surface area contributed by atoms with Crippen molar-refractivity contribution < 1.29 is 4.79 Å². The van der Waals surface area contributed by atoms with E-state index in [2.05, 4.69) is 37.9 Å². The molecule has 0 heterocycles. The van der Waals surface area contributed by atoms with E-state index in [1.807, 2.05) is 0 Å². The zero-order valence-corrected chi connectivity index (χ0v) is 12.3. The van der Waals surface area contributed by atoms with Crippen LogP contribution in [0.2, 0.25) is 0 Å². The Morgan fingerprint density at radius 2 is 2.17 bits per heavy atom. The van der Waals surface area contributed by atoms with Crippen LogP contribution in [0.4, 0.5) is 0 Å². The highest BCUT2D eigenvalue weighted by Gasteiger charge is 2.45. The Kier molecular flexibility index (Phi) is 5.60. The number of amides is 1. The smallest absolute Gasteiger partial charge is 0.237 e. The molecule has 4 heteroatoms.